The van der Waals surface area contributed by atoms with Crippen LogP contribution in [0.5, 0.6) is 5.88 Å². The number of aromatic nitrogens is 4. The number of nitrogens with zero attached hydrogens (tertiary/aromatic N) is 10. The predicted molar refractivity (Wildman–Crippen MR) is 252 cm³/mol. The van der Waals surface area contributed by atoms with E-state index in [1.807, 2.05) is 0 Å². The largest absolute Gasteiger partial charge is 0.478 e. The Balaban J connectivity index is 0.957. The normalized spacial score (nSPS) is 16.5. The first kappa shape index (κ1) is 49.1. The van der Waals surface area contributed by atoms with Crippen molar-refractivity contribution in [2.24, 2.45) is 0 Å². The number of alkyl halides is 6. The van der Waals surface area contributed by atoms with Crippen molar-refractivity contribution in [3.8, 4) is 18.0 Å². The Morgan fingerprint density at radius 1 is 0.722 bits per heavy atom. The molecule has 2 aromatic carbocycles. The van der Waals surface area contributed by atoms with Crippen LogP contribution in [0.4, 0.5) is 57.9 Å². The molecule has 15 nitrogen and oxygen atoms in total. The van der Waals surface area contributed by atoms with Gasteiger partial charge >= 0.3 is 18.4 Å². The number of carbonyl (C=O) groups excluding carboxylic acids is 2. The molecule has 368 valence electrons. The lowest BCUT2D eigenvalue weighted by molar-refractivity contribution is -0.138. The highest BCUT2D eigenvalue weighted by atomic mass is 32.1. The molecule has 1 spiro atoms. The molecule has 9 rings (SSSR count). The second-order valence-electron chi connectivity index (χ2n) is 17.2. The van der Waals surface area contributed by atoms with Crippen LogP contribution in [-0.2, 0) is 28.4 Å². The van der Waals surface area contributed by atoms with E-state index in [4.69, 9.17) is 29.2 Å². The minimum atomic E-state index is -5.02. The van der Waals surface area contributed by atoms with E-state index in [2.05, 4.69) is 20.9 Å². The van der Waals surface area contributed by atoms with Crippen LogP contribution < -0.4 is 35.5 Å². The molecule has 4 aromatic heterocycles. The summed E-state index contributed by atoms with van der Waals surface area (Å²) in [4.78, 5) is 70.7. The minimum Gasteiger partial charge on any atom is -0.478 e. The summed E-state index contributed by atoms with van der Waals surface area (Å²) in [6, 6.07) is 13.4. The third-order valence-electron chi connectivity index (χ3n) is 12.4. The van der Waals surface area contributed by atoms with Crippen LogP contribution in [-0.4, -0.2) is 65.0 Å². The lowest BCUT2D eigenvalue weighted by Crippen LogP contribution is -2.55. The Kier molecular flexibility index (Phi) is 11.9. The second kappa shape index (κ2) is 17.4. The summed E-state index contributed by atoms with van der Waals surface area (Å²) in [7, 11) is 0. The zero-order valence-corrected chi connectivity index (χ0v) is 39.2. The average molecular weight is 1030 g/mol. The van der Waals surface area contributed by atoms with Crippen molar-refractivity contribution in [1.29, 1.82) is 5.26 Å². The van der Waals surface area contributed by atoms with Gasteiger partial charge in [-0.3, -0.25) is 37.8 Å². The molecule has 72 heavy (non-hydrogen) atoms. The maximum atomic E-state index is 16.0. The first-order valence-electron chi connectivity index (χ1n) is 21.6. The van der Waals surface area contributed by atoms with Gasteiger partial charge in [-0.2, -0.15) is 36.6 Å². The van der Waals surface area contributed by atoms with Crippen molar-refractivity contribution in [3.63, 3.8) is 0 Å². The van der Waals surface area contributed by atoms with Crippen LogP contribution in [0, 0.1) is 29.0 Å². The number of anilines is 4. The Bertz CT molecular complexity index is 3610. The van der Waals surface area contributed by atoms with Crippen LogP contribution >= 0.6 is 24.4 Å². The van der Waals surface area contributed by atoms with Gasteiger partial charge in [0.25, 0.3) is 29.5 Å². The zero-order valence-electron chi connectivity index (χ0n) is 37.5. The molecule has 6 heterocycles. The Hall–Kier alpha value is -7.90. The molecule has 1 saturated carbocycles. The second-order valence-corrected chi connectivity index (χ2v) is 17.9. The third-order valence-corrected chi connectivity index (χ3v) is 13.2. The highest BCUT2D eigenvalue weighted by molar-refractivity contribution is 7.81. The number of amides is 2. The van der Waals surface area contributed by atoms with Gasteiger partial charge in [0.2, 0.25) is 5.88 Å². The SMILES string of the molecule is CCOc1cc(=O)n2cc(N3C(=S)N(c4ccc(C#[N+]CCc5cc(=O)n6cc(N7C(=S)N(c8ccc(C#N)c(C(F)(F)F)c8)C(=O)C78CCC8)cc(F)c6n5)c(C(F)(F)F)c4)C(=O)C3(C)C)cc(F)c2n1. The molecule has 0 atom stereocenters. The highest BCUT2D eigenvalue weighted by Gasteiger charge is 2.60. The van der Waals surface area contributed by atoms with Crippen LogP contribution in [0.15, 0.2) is 82.6 Å². The van der Waals surface area contributed by atoms with Crippen molar-refractivity contribution in [2.75, 3.05) is 32.8 Å². The number of rotatable bonds is 8. The van der Waals surface area contributed by atoms with Gasteiger partial charge in [-0.15, -0.1) is 0 Å². The fourth-order valence-corrected chi connectivity index (χ4v) is 9.89. The van der Waals surface area contributed by atoms with Crippen molar-refractivity contribution in [3.05, 3.63) is 138 Å². The summed E-state index contributed by atoms with van der Waals surface area (Å²) in [5.41, 5.74) is -9.84. The number of nitriles is 1. The maximum absolute atomic E-state index is 16.0. The number of carbonyl (C=O) groups is 2. The van der Waals surface area contributed by atoms with E-state index in [0.717, 1.165) is 61.1 Å². The summed E-state index contributed by atoms with van der Waals surface area (Å²) in [6.45, 7) is 4.35. The van der Waals surface area contributed by atoms with E-state index in [1.54, 1.807) is 6.92 Å². The number of hydrogen-bond acceptors (Lipinski definition) is 10. The maximum Gasteiger partial charge on any atom is 0.417 e. The summed E-state index contributed by atoms with van der Waals surface area (Å²) < 4.78 is 124. The van der Waals surface area contributed by atoms with Gasteiger partial charge < -0.3 is 14.5 Å². The van der Waals surface area contributed by atoms with E-state index in [9.17, 15) is 50.8 Å². The molecule has 0 unspecified atom stereocenters. The number of fused-ring (bicyclic) bond motifs is 2. The molecule has 6 aromatic rings. The van der Waals surface area contributed by atoms with Gasteiger partial charge in [-0.25, -0.2) is 13.8 Å². The van der Waals surface area contributed by atoms with E-state index >= 15 is 8.78 Å². The lowest BCUT2D eigenvalue weighted by atomic mass is 9.75. The van der Waals surface area contributed by atoms with Crippen molar-refractivity contribution >= 4 is 80.5 Å². The van der Waals surface area contributed by atoms with E-state index in [0.29, 0.717) is 18.6 Å². The van der Waals surface area contributed by atoms with Crippen LogP contribution in [0.1, 0.15) is 68.0 Å². The molecular weight excluding hydrogens is 1000 g/mol. The van der Waals surface area contributed by atoms with Gasteiger partial charge in [0.15, 0.2) is 33.2 Å². The molecule has 1 aliphatic carbocycles. The highest BCUT2D eigenvalue weighted by Crippen LogP contribution is 2.49. The fourth-order valence-electron chi connectivity index (χ4n) is 8.90. The average Bonchev–Trinajstić information content (AvgIpc) is 3.64. The van der Waals surface area contributed by atoms with Gasteiger partial charge in [0.05, 0.1) is 70.3 Å². The van der Waals surface area contributed by atoms with E-state index in [1.165, 1.54) is 48.2 Å². The zero-order chi connectivity index (χ0) is 52.0. The summed E-state index contributed by atoms with van der Waals surface area (Å²) >= 11 is 11.2. The summed E-state index contributed by atoms with van der Waals surface area (Å²) in [5, 5.41) is 8.66. The smallest absolute Gasteiger partial charge is 0.417 e. The third kappa shape index (κ3) is 8.01. The topological polar surface area (TPSA) is 153 Å². The molecule has 0 N–H and O–H groups in total. The summed E-state index contributed by atoms with van der Waals surface area (Å²) in [6.07, 6.45) is -6.85. The molecular formula is C47H33F8N10O5S2+. The molecule has 3 fully saturated rings. The van der Waals surface area contributed by atoms with Crippen molar-refractivity contribution in [1.82, 2.24) is 18.8 Å². The Labute approximate surface area is 411 Å². The van der Waals surface area contributed by atoms with Crippen molar-refractivity contribution < 1.29 is 49.4 Å². The summed E-state index contributed by atoms with van der Waals surface area (Å²) in [5.74, 6) is -3.59. The number of benzene rings is 2. The molecule has 2 saturated heterocycles. The number of halogens is 8. The monoisotopic (exact) mass is 1030 g/mol. The Morgan fingerprint density at radius 2 is 1.25 bits per heavy atom. The molecule has 2 aliphatic heterocycles. The number of pyridine rings is 2. The first-order valence-corrected chi connectivity index (χ1v) is 22.4. The van der Waals surface area contributed by atoms with E-state index in [-0.39, 0.29) is 82.6 Å². The number of ether oxygens (including phenoxy) is 1. The molecule has 25 heteroatoms. The van der Waals surface area contributed by atoms with Crippen LogP contribution in [0.25, 0.3) is 16.1 Å². The van der Waals surface area contributed by atoms with Crippen LogP contribution in [0.3, 0.4) is 0 Å². The van der Waals surface area contributed by atoms with Crippen LogP contribution in [0.2, 0.25) is 0 Å². The van der Waals surface area contributed by atoms with Gasteiger partial charge in [0.1, 0.15) is 16.6 Å². The quantitative estimate of drug-likeness (QED) is 0.107. The number of hydrogen-bond donors (Lipinski definition) is 0. The van der Waals surface area contributed by atoms with Crippen molar-refractivity contribution in [2.45, 2.75) is 69.9 Å². The first-order chi connectivity index (χ1) is 33.9. The van der Waals surface area contributed by atoms with E-state index < -0.39 is 85.9 Å². The van der Waals surface area contributed by atoms with Gasteiger partial charge in [0, 0.05) is 30.6 Å². The lowest BCUT2D eigenvalue weighted by Gasteiger charge is -2.42. The molecule has 0 bridgehead atoms. The molecule has 0 radical (unpaired) electrons. The minimum absolute atomic E-state index is 0.00527. The fraction of sp³-hybridized carbons (Fsp3) is 0.277. The standard InChI is InChI=1S/C47H33F8N10O5S2/c1-4-70-35-19-37(67)61-22-29(17-34(49)39(61)59-35)64-42(71)62(40(68)44(64,2)3)27-9-7-25(32(16-27)47(53,54)55)21-57-13-10-26-14-36(66)60-23-30(18-33(48)38(60)58-26)65-43(72)63(41(69)45(65)11-5-12-45)28-8-6-24(20-56)31(15-28)46(50,51)52/h6-9,14-19,22-23H,4-5,10-13H2,1-3H3/q+1. The molecule has 3 aliphatic rings. The molecule has 2 amide bonds. The van der Waals surface area contributed by atoms with Gasteiger partial charge in [-0.1, -0.05) is 4.85 Å². The van der Waals surface area contributed by atoms with Gasteiger partial charge in [-0.05, 0) is 101 Å². The predicted octanol–water partition coefficient (Wildman–Crippen LogP) is 8.19. The Morgan fingerprint density at radius 3 is 1.81 bits per heavy atom. The number of thiocarbonyl (C=S) groups is 2.